The lowest BCUT2D eigenvalue weighted by atomic mass is 9.81. The van der Waals surface area contributed by atoms with Gasteiger partial charge in [0.25, 0.3) is 0 Å². The molecule has 0 atom stereocenters. The van der Waals surface area contributed by atoms with E-state index in [1.54, 1.807) is 17.0 Å². The number of nitrogens with zero attached hydrogens (tertiary/aromatic N) is 1. The van der Waals surface area contributed by atoms with Gasteiger partial charge in [0.15, 0.2) is 0 Å². The molecule has 0 bridgehead atoms. The van der Waals surface area contributed by atoms with Crippen LogP contribution in [0.1, 0.15) is 31.2 Å². The maximum atomic E-state index is 13.0. The highest BCUT2D eigenvalue weighted by Gasteiger charge is 2.31. The smallest absolute Gasteiger partial charge is 0.306 e. The van der Waals surface area contributed by atoms with E-state index in [0.29, 0.717) is 32.2 Å². The number of carboxylic acids is 1. The Hall–Kier alpha value is -2.35. The zero-order valence-electron chi connectivity index (χ0n) is 12.9. The molecule has 1 aromatic rings. The average Bonchev–Trinajstić information content (AvgIpc) is 2.56. The molecule has 2 rings (SSSR count). The van der Waals surface area contributed by atoms with E-state index in [4.69, 9.17) is 11.5 Å². The maximum absolute atomic E-state index is 13.0. The van der Waals surface area contributed by atoms with Crippen molar-refractivity contribution in [2.24, 2.45) is 11.8 Å². The normalized spacial score (nSPS) is 20.5. The molecule has 1 N–H and O–H groups in total. The second-order valence-corrected chi connectivity index (χ2v) is 5.91. The van der Waals surface area contributed by atoms with E-state index in [9.17, 15) is 14.0 Å². The lowest BCUT2D eigenvalue weighted by Crippen LogP contribution is -2.38. The highest BCUT2D eigenvalue weighted by atomic mass is 19.1. The molecule has 0 heterocycles. The van der Waals surface area contributed by atoms with Gasteiger partial charge in [-0.15, -0.1) is 6.42 Å². The summed E-state index contributed by atoms with van der Waals surface area (Å²) in [7, 11) is 0. The van der Waals surface area contributed by atoms with Crippen molar-refractivity contribution in [3.8, 4) is 12.3 Å². The summed E-state index contributed by atoms with van der Waals surface area (Å²) >= 11 is 0. The standard InChI is InChI=1S/C18H20FNO3/c1-2-11-20(12-13-3-9-16(19)10-4-13)17(21)14-5-7-15(8-6-14)18(22)23/h1,3-4,9-10,14-15H,5-8,11-12H2,(H,22,23). The minimum absolute atomic E-state index is 0.0453. The van der Waals surface area contributed by atoms with Gasteiger partial charge in [0, 0.05) is 12.5 Å². The molecule has 0 saturated heterocycles. The molecule has 1 amide bonds. The first-order chi connectivity index (χ1) is 11.0. The Labute approximate surface area is 135 Å². The van der Waals surface area contributed by atoms with Gasteiger partial charge in [0.2, 0.25) is 5.91 Å². The van der Waals surface area contributed by atoms with Crippen molar-refractivity contribution in [1.82, 2.24) is 4.90 Å². The van der Waals surface area contributed by atoms with Crippen LogP contribution in [0.5, 0.6) is 0 Å². The van der Waals surface area contributed by atoms with E-state index >= 15 is 0 Å². The van der Waals surface area contributed by atoms with Crippen molar-refractivity contribution in [2.75, 3.05) is 6.54 Å². The Bertz CT molecular complexity index is 598. The predicted molar refractivity (Wildman–Crippen MR) is 83.7 cm³/mol. The van der Waals surface area contributed by atoms with Gasteiger partial charge in [0.05, 0.1) is 12.5 Å². The largest absolute Gasteiger partial charge is 0.481 e. The van der Waals surface area contributed by atoms with Crippen molar-refractivity contribution >= 4 is 11.9 Å². The third kappa shape index (κ3) is 4.56. The molecule has 1 aliphatic carbocycles. The Balaban J connectivity index is 2.00. The number of hydrogen-bond donors (Lipinski definition) is 1. The molecule has 0 spiro atoms. The van der Waals surface area contributed by atoms with E-state index in [0.717, 1.165) is 5.56 Å². The average molecular weight is 317 g/mol. The van der Waals surface area contributed by atoms with Crippen LogP contribution in [-0.4, -0.2) is 28.4 Å². The Morgan fingerprint density at radius 2 is 1.74 bits per heavy atom. The van der Waals surface area contributed by atoms with Crippen LogP contribution in [-0.2, 0) is 16.1 Å². The molecule has 0 aromatic heterocycles. The van der Waals surface area contributed by atoms with Crippen molar-refractivity contribution in [3.63, 3.8) is 0 Å². The predicted octanol–water partition coefficient (Wildman–Crippen LogP) is 2.68. The number of halogens is 1. The van der Waals surface area contributed by atoms with Crippen LogP contribution in [0.15, 0.2) is 24.3 Å². The zero-order chi connectivity index (χ0) is 16.8. The monoisotopic (exact) mass is 317 g/mol. The van der Waals surface area contributed by atoms with Gasteiger partial charge in [-0.3, -0.25) is 9.59 Å². The van der Waals surface area contributed by atoms with Crippen LogP contribution in [0.3, 0.4) is 0 Å². The number of amides is 1. The minimum atomic E-state index is -0.789. The molecule has 0 radical (unpaired) electrons. The third-order valence-electron chi connectivity index (χ3n) is 4.31. The SMILES string of the molecule is C#CCN(Cc1ccc(F)cc1)C(=O)C1CCC(C(=O)O)CC1. The van der Waals surface area contributed by atoms with Gasteiger partial charge in [-0.2, -0.15) is 0 Å². The first-order valence-electron chi connectivity index (χ1n) is 7.70. The highest BCUT2D eigenvalue weighted by molar-refractivity contribution is 5.79. The van der Waals surface area contributed by atoms with Crippen LogP contribution in [0.25, 0.3) is 0 Å². The van der Waals surface area contributed by atoms with E-state index in [1.807, 2.05) is 0 Å². The third-order valence-corrected chi connectivity index (χ3v) is 4.31. The first-order valence-corrected chi connectivity index (χ1v) is 7.70. The first kappa shape index (κ1) is 17.0. The number of rotatable bonds is 5. The maximum Gasteiger partial charge on any atom is 0.306 e. The number of benzene rings is 1. The van der Waals surface area contributed by atoms with Crippen LogP contribution in [0.2, 0.25) is 0 Å². The summed E-state index contributed by atoms with van der Waals surface area (Å²) in [5, 5.41) is 9.02. The fourth-order valence-electron chi connectivity index (χ4n) is 2.98. The summed E-state index contributed by atoms with van der Waals surface area (Å²) in [5.41, 5.74) is 0.814. The van der Waals surface area contributed by atoms with Crippen molar-refractivity contribution in [2.45, 2.75) is 32.2 Å². The molecule has 1 aromatic carbocycles. The highest BCUT2D eigenvalue weighted by Crippen LogP contribution is 2.30. The second kappa shape index (κ2) is 7.77. The van der Waals surface area contributed by atoms with Crippen LogP contribution < -0.4 is 0 Å². The fraction of sp³-hybridized carbons (Fsp3) is 0.444. The topological polar surface area (TPSA) is 57.6 Å². The molecular weight excluding hydrogens is 297 g/mol. The quantitative estimate of drug-likeness (QED) is 0.850. The summed E-state index contributed by atoms with van der Waals surface area (Å²) in [5.74, 6) is 0.794. The summed E-state index contributed by atoms with van der Waals surface area (Å²) in [6.45, 7) is 0.525. The summed E-state index contributed by atoms with van der Waals surface area (Å²) in [6, 6.07) is 5.97. The molecule has 1 fully saturated rings. The summed E-state index contributed by atoms with van der Waals surface area (Å²) < 4.78 is 13.0. The molecular formula is C18H20FNO3. The van der Waals surface area contributed by atoms with Gasteiger partial charge in [-0.25, -0.2) is 4.39 Å². The van der Waals surface area contributed by atoms with Gasteiger partial charge in [-0.1, -0.05) is 18.1 Å². The number of carbonyl (C=O) groups is 2. The molecule has 23 heavy (non-hydrogen) atoms. The molecule has 1 saturated carbocycles. The fourth-order valence-corrected chi connectivity index (χ4v) is 2.98. The Morgan fingerprint density at radius 3 is 2.26 bits per heavy atom. The molecule has 5 heteroatoms. The van der Waals surface area contributed by atoms with Crippen LogP contribution >= 0.6 is 0 Å². The van der Waals surface area contributed by atoms with E-state index in [2.05, 4.69) is 5.92 Å². The molecule has 4 nitrogen and oxygen atoms in total. The van der Waals surface area contributed by atoms with E-state index in [1.165, 1.54) is 12.1 Å². The zero-order valence-corrected chi connectivity index (χ0v) is 12.9. The Kier molecular flexibility index (Phi) is 5.75. The lowest BCUT2D eigenvalue weighted by molar-refractivity contribution is -0.145. The molecule has 122 valence electrons. The minimum Gasteiger partial charge on any atom is -0.481 e. The molecule has 0 unspecified atom stereocenters. The van der Waals surface area contributed by atoms with Crippen LogP contribution in [0, 0.1) is 30.0 Å². The molecule has 0 aliphatic heterocycles. The summed E-state index contributed by atoms with van der Waals surface area (Å²) in [6.07, 6.45) is 7.53. The number of carboxylic acid groups (broad SMARTS) is 1. The lowest BCUT2D eigenvalue weighted by Gasteiger charge is -2.30. The number of hydrogen-bond acceptors (Lipinski definition) is 2. The number of carbonyl (C=O) groups excluding carboxylic acids is 1. The number of aliphatic carboxylic acids is 1. The second-order valence-electron chi connectivity index (χ2n) is 5.91. The number of terminal acetylenes is 1. The molecule has 1 aliphatic rings. The van der Waals surface area contributed by atoms with E-state index in [-0.39, 0.29) is 30.1 Å². The summed E-state index contributed by atoms with van der Waals surface area (Å²) in [4.78, 5) is 25.2. The van der Waals surface area contributed by atoms with Crippen molar-refractivity contribution in [1.29, 1.82) is 0 Å². The Morgan fingerprint density at radius 1 is 1.17 bits per heavy atom. The van der Waals surface area contributed by atoms with Gasteiger partial charge in [0.1, 0.15) is 5.82 Å². The van der Waals surface area contributed by atoms with Crippen LogP contribution in [0.4, 0.5) is 4.39 Å². The van der Waals surface area contributed by atoms with Gasteiger partial charge in [-0.05, 0) is 43.4 Å². The van der Waals surface area contributed by atoms with Crippen molar-refractivity contribution < 1.29 is 19.1 Å². The van der Waals surface area contributed by atoms with Gasteiger partial charge >= 0.3 is 5.97 Å². The van der Waals surface area contributed by atoms with Gasteiger partial charge < -0.3 is 10.0 Å². The van der Waals surface area contributed by atoms with E-state index < -0.39 is 5.97 Å². The van der Waals surface area contributed by atoms with Crippen molar-refractivity contribution in [3.05, 3.63) is 35.6 Å².